The van der Waals surface area contributed by atoms with Gasteiger partial charge in [-0.15, -0.1) is 0 Å². The lowest BCUT2D eigenvalue weighted by Gasteiger charge is -2.06. The highest BCUT2D eigenvalue weighted by atomic mass is 16.5. The number of hydrogen-bond donors (Lipinski definition) is 2. The van der Waals surface area contributed by atoms with Gasteiger partial charge in [-0.25, -0.2) is 4.79 Å². The Kier molecular flexibility index (Phi) is 3.50. The summed E-state index contributed by atoms with van der Waals surface area (Å²) in [7, 11) is 1.54. The van der Waals surface area contributed by atoms with E-state index in [1.807, 2.05) is 0 Å². The van der Waals surface area contributed by atoms with Crippen molar-refractivity contribution in [3.8, 4) is 22.8 Å². The van der Waals surface area contributed by atoms with Crippen molar-refractivity contribution in [2.75, 3.05) is 7.11 Å². The first-order chi connectivity index (χ1) is 11.0. The van der Waals surface area contributed by atoms with Crippen LogP contribution in [0, 0.1) is 0 Å². The first kappa shape index (κ1) is 14.6. The van der Waals surface area contributed by atoms with E-state index in [9.17, 15) is 14.7 Å². The maximum absolute atomic E-state index is 12.2. The molecule has 0 amide bonds. The van der Waals surface area contributed by atoms with Crippen molar-refractivity contribution >= 4 is 16.9 Å². The van der Waals surface area contributed by atoms with E-state index in [1.165, 1.54) is 12.1 Å². The quantitative estimate of drug-likeness (QED) is 0.772. The van der Waals surface area contributed by atoms with E-state index in [4.69, 9.17) is 14.3 Å². The molecule has 1 aromatic heterocycles. The van der Waals surface area contributed by atoms with E-state index >= 15 is 0 Å². The van der Waals surface area contributed by atoms with Gasteiger partial charge in [0, 0.05) is 11.6 Å². The summed E-state index contributed by atoms with van der Waals surface area (Å²) in [6, 6.07) is 10.3. The molecule has 0 fully saturated rings. The van der Waals surface area contributed by atoms with E-state index in [0.29, 0.717) is 11.3 Å². The molecule has 1 heterocycles. The van der Waals surface area contributed by atoms with Crippen LogP contribution in [0.15, 0.2) is 51.7 Å². The Morgan fingerprint density at radius 3 is 2.43 bits per heavy atom. The minimum atomic E-state index is -1.22. The summed E-state index contributed by atoms with van der Waals surface area (Å²) in [5.74, 6) is -0.718. The zero-order chi connectivity index (χ0) is 16.6. The normalized spacial score (nSPS) is 10.7. The predicted molar refractivity (Wildman–Crippen MR) is 83.1 cm³/mol. The molecule has 3 rings (SSSR count). The predicted octanol–water partition coefficient (Wildman–Crippen LogP) is 2.87. The molecule has 23 heavy (non-hydrogen) atoms. The molecular weight excluding hydrogens is 300 g/mol. The summed E-state index contributed by atoms with van der Waals surface area (Å²) in [5.41, 5.74) is 0.0299. The average Bonchev–Trinajstić information content (AvgIpc) is 2.54. The number of carboxylic acids is 1. The zero-order valence-corrected chi connectivity index (χ0v) is 12.1. The van der Waals surface area contributed by atoms with Gasteiger partial charge in [-0.2, -0.15) is 0 Å². The van der Waals surface area contributed by atoms with Gasteiger partial charge >= 0.3 is 5.97 Å². The number of carbonyl (C=O) groups is 1. The smallest absolute Gasteiger partial charge is 0.335 e. The fraction of sp³-hybridized carbons (Fsp3) is 0.0588. The minimum absolute atomic E-state index is 0.0146. The van der Waals surface area contributed by atoms with E-state index in [0.717, 1.165) is 6.07 Å². The van der Waals surface area contributed by atoms with Crippen molar-refractivity contribution < 1.29 is 24.2 Å². The molecule has 2 aromatic carbocycles. The number of carboxylic acid groups (broad SMARTS) is 1. The molecule has 3 aromatic rings. The van der Waals surface area contributed by atoms with Crippen LogP contribution in [0.3, 0.4) is 0 Å². The summed E-state index contributed by atoms with van der Waals surface area (Å²) in [6.45, 7) is 0. The van der Waals surface area contributed by atoms with Crippen LogP contribution in [-0.4, -0.2) is 23.3 Å². The Morgan fingerprint density at radius 2 is 1.83 bits per heavy atom. The van der Waals surface area contributed by atoms with Gasteiger partial charge in [-0.1, -0.05) is 0 Å². The van der Waals surface area contributed by atoms with Crippen molar-refractivity contribution in [3.05, 3.63) is 58.3 Å². The summed E-state index contributed by atoms with van der Waals surface area (Å²) in [6.07, 6.45) is 0. The van der Waals surface area contributed by atoms with Crippen LogP contribution in [0.4, 0.5) is 0 Å². The molecule has 0 atom stereocenters. The number of hydrogen-bond acceptors (Lipinski definition) is 5. The third kappa shape index (κ3) is 2.62. The van der Waals surface area contributed by atoms with Gasteiger partial charge in [0.25, 0.3) is 0 Å². The van der Waals surface area contributed by atoms with Crippen molar-refractivity contribution in [2.24, 2.45) is 0 Å². The SMILES string of the molecule is COc1ccc(-c2cc(=O)c3c(O)cc(C(=O)O)cc3o2)cc1. The molecule has 0 saturated heterocycles. The second-order valence-corrected chi connectivity index (χ2v) is 4.88. The zero-order valence-electron chi connectivity index (χ0n) is 12.1. The van der Waals surface area contributed by atoms with Crippen molar-refractivity contribution in [3.63, 3.8) is 0 Å². The Morgan fingerprint density at radius 1 is 1.13 bits per heavy atom. The second-order valence-electron chi connectivity index (χ2n) is 4.88. The molecule has 0 aliphatic rings. The fourth-order valence-corrected chi connectivity index (χ4v) is 2.29. The number of phenolic OH excluding ortho intramolecular Hbond substituents is 1. The monoisotopic (exact) mass is 312 g/mol. The van der Waals surface area contributed by atoms with Crippen LogP contribution in [0.5, 0.6) is 11.5 Å². The third-order valence-electron chi connectivity index (χ3n) is 3.43. The van der Waals surface area contributed by atoms with E-state index in [1.54, 1.807) is 31.4 Å². The highest BCUT2D eigenvalue weighted by Gasteiger charge is 2.14. The second kappa shape index (κ2) is 5.49. The summed E-state index contributed by atoms with van der Waals surface area (Å²) in [4.78, 5) is 23.3. The number of benzene rings is 2. The van der Waals surface area contributed by atoms with Crippen molar-refractivity contribution in [2.45, 2.75) is 0 Å². The summed E-state index contributed by atoms with van der Waals surface area (Å²) < 4.78 is 10.7. The topological polar surface area (TPSA) is 97.0 Å². The average molecular weight is 312 g/mol. The van der Waals surface area contributed by atoms with Gasteiger partial charge in [0.2, 0.25) is 0 Å². The number of ether oxygens (including phenoxy) is 1. The van der Waals surface area contributed by atoms with Gasteiger partial charge in [0.1, 0.15) is 28.2 Å². The fourth-order valence-electron chi connectivity index (χ4n) is 2.29. The molecule has 0 saturated carbocycles. The molecule has 116 valence electrons. The largest absolute Gasteiger partial charge is 0.507 e. The van der Waals surface area contributed by atoms with Crippen LogP contribution < -0.4 is 10.2 Å². The number of aromatic hydroxyl groups is 1. The summed E-state index contributed by atoms with van der Waals surface area (Å²) in [5, 5.41) is 18.9. The summed E-state index contributed by atoms with van der Waals surface area (Å²) >= 11 is 0. The van der Waals surface area contributed by atoms with Gasteiger partial charge in [0.05, 0.1) is 12.7 Å². The van der Waals surface area contributed by atoms with Crippen LogP contribution in [-0.2, 0) is 0 Å². The lowest BCUT2D eigenvalue weighted by molar-refractivity contribution is 0.0696. The molecular formula is C17H12O6. The van der Waals surface area contributed by atoms with E-state index in [-0.39, 0.29) is 22.3 Å². The van der Waals surface area contributed by atoms with Crippen molar-refractivity contribution in [1.29, 1.82) is 0 Å². The molecule has 6 nitrogen and oxygen atoms in total. The molecule has 0 spiro atoms. The number of phenols is 1. The maximum Gasteiger partial charge on any atom is 0.335 e. The minimum Gasteiger partial charge on any atom is -0.507 e. The van der Waals surface area contributed by atoms with Crippen molar-refractivity contribution in [1.82, 2.24) is 0 Å². The Labute approximate surface area is 130 Å². The molecule has 2 N–H and O–H groups in total. The maximum atomic E-state index is 12.2. The molecule has 0 bridgehead atoms. The van der Waals surface area contributed by atoms with Crippen LogP contribution >= 0.6 is 0 Å². The first-order valence-corrected chi connectivity index (χ1v) is 6.68. The highest BCUT2D eigenvalue weighted by molar-refractivity contribution is 5.95. The van der Waals surface area contributed by atoms with Crippen LogP contribution in [0.1, 0.15) is 10.4 Å². The lowest BCUT2D eigenvalue weighted by atomic mass is 10.1. The number of aromatic carboxylic acids is 1. The molecule has 0 aliphatic heterocycles. The number of rotatable bonds is 3. The van der Waals surface area contributed by atoms with Gasteiger partial charge < -0.3 is 19.4 Å². The lowest BCUT2D eigenvalue weighted by Crippen LogP contribution is -2.03. The Bertz CT molecular complexity index is 953. The Balaban J connectivity index is 2.23. The molecule has 6 heteroatoms. The number of fused-ring (bicyclic) bond motifs is 1. The third-order valence-corrected chi connectivity index (χ3v) is 3.43. The molecule has 0 radical (unpaired) electrons. The van der Waals surface area contributed by atoms with E-state index < -0.39 is 17.1 Å². The number of methoxy groups -OCH3 is 1. The van der Waals surface area contributed by atoms with Gasteiger partial charge in [0.15, 0.2) is 5.43 Å². The van der Waals surface area contributed by atoms with Gasteiger partial charge in [-0.3, -0.25) is 4.79 Å². The molecule has 0 aliphatic carbocycles. The molecule has 0 unspecified atom stereocenters. The van der Waals surface area contributed by atoms with E-state index in [2.05, 4.69) is 0 Å². The Hall–Kier alpha value is -3.28. The van der Waals surface area contributed by atoms with Crippen LogP contribution in [0.2, 0.25) is 0 Å². The highest BCUT2D eigenvalue weighted by Crippen LogP contribution is 2.29. The van der Waals surface area contributed by atoms with Crippen LogP contribution in [0.25, 0.3) is 22.3 Å². The van der Waals surface area contributed by atoms with Gasteiger partial charge in [-0.05, 0) is 36.4 Å². The first-order valence-electron chi connectivity index (χ1n) is 6.68. The standard InChI is InChI=1S/C17H12O6/c1-22-11-4-2-9(3-5-11)14-8-13(19)16-12(18)6-10(17(20)21)7-15(16)23-14/h2-8,18H,1H3,(H,20,21).